The Kier molecular flexibility index (Phi) is 4.60. The van der Waals surface area contributed by atoms with E-state index in [0.29, 0.717) is 11.3 Å². The van der Waals surface area contributed by atoms with Crippen LogP contribution in [0.5, 0.6) is 11.5 Å². The van der Waals surface area contributed by atoms with Gasteiger partial charge in [0, 0.05) is 0 Å². The van der Waals surface area contributed by atoms with Gasteiger partial charge >= 0.3 is 5.97 Å². The lowest BCUT2D eigenvalue weighted by Crippen LogP contribution is -1.97. The van der Waals surface area contributed by atoms with Gasteiger partial charge in [0.2, 0.25) is 0 Å². The van der Waals surface area contributed by atoms with Crippen LogP contribution in [0.25, 0.3) is 6.08 Å². The lowest BCUT2D eigenvalue weighted by molar-refractivity contribution is -0.132. The van der Waals surface area contributed by atoms with Crippen molar-refractivity contribution in [2.75, 3.05) is 0 Å². The van der Waals surface area contributed by atoms with Crippen LogP contribution in [0, 0.1) is 25.2 Å². The van der Waals surface area contributed by atoms with Crippen LogP contribution in [0.1, 0.15) is 16.7 Å². The molecule has 4 nitrogen and oxygen atoms in total. The van der Waals surface area contributed by atoms with Crippen molar-refractivity contribution in [3.05, 3.63) is 64.7 Å². The highest BCUT2D eigenvalue weighted by Crippen LogP contribution is 2.24. The number of benzene rings is 2. The minimum Gasteiger partial charge on any atom is -0.477 e. The molecular weight excluding hydrogens is 278 g/mol. The molecule has 0 aliphatic carbocycles. The topological polar surface area (TPSA) is 70.3 Å². The first-order valence-electron chi connectivity index (χ1n) is 6.69. The molecule has 110 valence electrons. The first-order valence-corrected chi connectivity index (χ1v) is 6.69. The molecule has 0 saturated carbocycles. The summed E-state index contributed by atoms with van der Waals surface area (Å²) in [6.45, 7) is 4.01. The zero-order valence-corrected chi connectivity index (χ0v) is 12.3. The number of aryl methyl sites for hydroxylation is 2. The molecule has 22 heavy (non-hydrogen) atoms. The zero-order valence-electron chi connectivity index (χ0n) is 12.3. The molecule has 0 spiro atoms. The minimum atomic E-state index is -1.24. The summed E-state index contributed by atoms with van der Waals surface area (Å²) in [5, 5.41) is 17.6. The number of aliphatic carboxylic acids is 1. The Labute approximate surface area is 128 Å². The lowest BCUT2D eigenvalue weighted by atomic mass is 10.1. The lowest BCUT2D eigenvalue weighted by Gasteiger charge is -2.08. The highest BCUT2D eigenvalue weighted by Gasteiger charge is 2.05. The maximum atomic E-state index is 10.8. The van der Waals surface area contributed by atoms with E-state index in [4.69, 9.17) is 15.1 Å². The molecule has 0 bridgehead atoms. The predicted octanol–water partition coefficient (Wildman–Crippen LogP) is 4.09. The molecule has 0 fully saturated rings. The number of hydrogen-bond acceptors (Lipinski definition) is 3. The monoisotopic (exact) mass is 293 g/mol. The Morgan fingerprint density at radius 3 is 2.18 bits per heavy atom. The van der Waals surface area contributed by atoms with Crippen molar-refractivity contribution in [2.24, 2.45) is 0 Å². The maximum absolute atomic E-state index is 10.8. The number of carboxylic acid groups (broad SMARTS) is 1. The van der Waals surface area contributed by atoms with E-state index in [1.807, 2.05) is 26.0 Å². The molecule has 4 heteroatoms. The average molecular weight is 293 g/mol. The Balaban J connectivity index is 2.19. The highest BCUT2D eigenvalue weighted by molar-refractivity contribution is 5.96. The smallest absolute Gasteiger partial charge is 0.346 e. The van der Waals surface area contributed by atoms with Gasteiger partial charge in [0.1, 0.15) is 23.1 Å². The Morgan fingerprint density at radius 1 is 1.09 bits per heavy atom. The fourth-order valence-electron chi connectivity index (χ4n) is 2.07. The van der Waals surface area contributed by atoms with Crippen LogP contribution in [0.3, 0.4) is 0 Å². The largest absolute Gasteiger partial charge is 0.477 e. The summed E-state index contributed by atoms with van der Waals surface area (Å²) in [6.07, 6.45) is 1.32. The van der Waals surface area contributed by atoms with Gasteiger partial charge in [-0.2, -0.15) is 5.26 Å². The van der Waals surface area contributed by atoms with Crippen molar-refractivity contribution in [2.45, 2.75) is 13.8 Å². The van der Waals surface area contributed by atoms with Crippen LogP contribution >= 0.6 is 0 Å². The van der Waals surface area contributed by atoms with E-state index in [1.165, 1.54) is 6.08 Å². The maximum Gasteiger partial charge on any atom is 0.346 e. The predicted molar refractivity (Wildman–Crippen MR) is 83.7 cm³/mol. The molecular formula is C18H15NO3. The van der Waals surface area contributed by atoms with Gasteiger partial charge in [0.15, 0.2) is 0 Å². The fourth-order valence-corrected chi connectivity index (χ4v) is 2.07. The summed E-state index contributed by atoms with van der Waals surface area (Å²) >= 11 is 0. The van der Waals surface area contributed by atoms with Crippen molar-refractivity contribution < 1.29 is 14.6 Å². The van der Waals surface area contributed by atoms with Crippen LogP contribution in [0.2, 0.25) is 0 Å². The summed E-state index contributed by atoms with van der Waals surface area (Å²) < 4.78 is 5.77. The second-order valence-electron chi connectivity index (χ2n) is 4.97. The van der Waals surface area contributed by atoms with Crippen molar-refractivity contribution in [3.8, 4) is 17.6 Å². The quantitative estimate of drug-likeness (QED) is 0.681. The first-order chi connectivity index (χ1) is 10.5. The van der Waals surface area contributed by atoms with E-state index in [0.717, 1.165) is 16.9 Å². The summed E-state index contributed by atoms with van der Waals surface area (Å²) in [4.78, 5) is 10.8. The molecule has 0 unspecified atom stereocenters. The van der Waals surface area contributed by atoms with E-state index in [9.17, 15) is 4.79 Å². The third-order valence-electron chi connectivity index (χ3n) is 2.97. The number of hydrogen-bond donors (Lipinski definition) is 1. The molecule has 0 radical (unpaired) electrons. The van der Waals surface area contributed by atoms with Gasteiger partial charge in [-0.05, 0) is 60.9 Å². The summed E-state index contributed by atoms with van der Waals surface area (Å²) in [6, 6.07) is 14.5. The van der Waals surface area contributed by atoms with Gasteiger partial charge in [-0.1, -0.05) is 18.2 Å². The third-order valence-corrected chi connectivity index (χ3v) is 2.97. The van der Waals surface area contributed by atoms with Gasteiger partial charge in [0.05, 0.1) is 0 Å². The van der Waals surface area contributed by atoms with Gasteiger partial charge in [0.25, 0.3) is 0 Å². The number of rotatable bonds is 4. The molecule has 0 saturated heterocycles. The van der Waals surface area contributed by atoms with Crippen LogP contribution in [-0.2, 0) is 4.79 Å². The van der Waals surface area contributed by atoms with E-state index < -0.39 is 5.97 Å². The number of carboxylic acids is 1. The Bertz CT molecular complexity index is 748. The van der Waals surface area contributed by atoms with Crippen molar-refractivity contribution in [3.63, 3.8) is 0 Å². The Morgan fingerprint density at radius 2 is 1.68 bits per heavy atom. The van der Waals surface area contributed by atoms with Crippen LogP contribution in [0.15, 0.2) is 48.0 Å². The molecule has 1 N–H and O–H groups in total. The molecule has 0 aromatic heterocycles. The standard InChI is InChI=1S/C18H15NO3/c1-12-7-13(2)9-17(8-12)22-16-5-3-14(4-6-16)10-15(11-19)18(20)21/h3-10H,1-2H3,(H,20,21). The second-order valence-corrected chi connectivity index (χ2v) is 4.97. The number of carbonyl (C=O) groups is 1. The van der Waals surface area contributed by atoms with Gasteiger partial charge in [-0.3, -0.25) is 0 Å². The highest BCUT2D eigenvalue weighted by atomic mass is 16.5. The molecule has 2 aromatic rings. The van der Waals surface area contributed by atoms with Crippen molar-refractivity contribution in [1.82, 2.24) is 0 Å². The molecule has 0 aliphatic rings. The van der Waals surface area contributed by atoms with Gasteiger partial charge in [-0.25, -0.2) is 4.79 Å². The average Bonchev–Trinajstić information content (AvgIpc) is 2.45. The third kappa shape index (κ3) is 3.97. The molecule has 2 aromatic carbocycles. The first kappa shape index (κ1) is 15.3. The van der Waals surface area contributed by atoms with E-state index in [-0.39, 0.29) is 5.57 Å². The van der Waals surface area contributed by atoms with E-state index in [1.54, 1.807) is 30.3 Å². The normalized spacial score (nSPS) is 10.9. The molecule has 2 rings (SSSR count). The summed E-state index contributed by atoms with van der Waals surface area (Å²) in [5.41, 5.74) is 2.57. The van der Waals surface area contributed by atoms with Crippen LogP contribution in [-0.4, -0.2) is 11.1 Å². The van der Waals surface area contributed by atoms with Gasteiger partial charge < -0.3 is 9.84 Å². The molecule has 0 atom stereocenters. The van der Waals surface area contributed by atoms with Crippen LogP contribution < -0.4 is 4.74 Å². The number of ether oxygens (including phenoxy) is 1. The van der Waals surface area contributed by atoms with Crippen LogP contribution in [0.4, 0.5) is 0 Å². The zero-order chi connectivity index (χ0) is 16.1. The molecule has 0 aliphatic heterocycles. The fraction of sp³-hybridized carbons (Fsp3) is 0.111. The second kappa shape index (κ2) is 6.59. The van der Waals surface area contributed by atoms with Crippen molar-refractivity contribution >= 4 is 12.0 Å². The molecule has 0 amide bonds. The number of nitriles is 1. The van der Waals surface area contributed by atoms with Gasteiger partial charge in [-0.15, -0.1) is 0 Å². The van der Waals surface area contributed by atoms with Crippen molar-refractivity contribution in [1.29, 1.82) is 5.26 Å². The van der Waals surface area contributed by atoms with E-state index in [2.05, 4.69) is 6.07 Å². The van der Waals surface area contributed by atoms with E-state index >= 15 is 0 Å². The molecule has 0 heterocycles. The Hall–Kier alpha value is -3.06. The SMILES string of the molecule is Cc1cc(C)cc(Oc2ccc(C=C(C#N)C(=O)O)cc2)c1. The minimum absolute atomic E-state index is 0.303. The number of nitrogens with zero attached hydrogens (tertiary/aromatic N) is 1. The summed E-state index contributed by atoms with van der Waals surface area (Å²) in [7, 11) is 0. The summed E-state index contributed by atoms with van der Waals surface area (Å²) in [5.74, 6) is 0.165.